The van der Waals surface area contributed by atoms with Crippen molar-refractivity contribution in [2.24, 2.45) is 5.92 Å². The van der Waals surface area contributed by atoms with Crippen molar-refractivity contribution in [1.29, 1.82) is 0 Å². The Kier molecular flexibility index (Phi) is 4.60. The van der Waals surface area contributed by atoms with E-state index >= 15 is 0 Å². The summed E-state index contributed by atoms with van der Waals surface area (Å²) in [6.07, 6.45) is -1.70. The van der Waals surface area contributed by atoms with E-state index in [2.05, 4.69) is 0 Å². The third-order valence-corrected chi connectivity index (χ3v) is 1.72. The maximum absolute atomic E-state index is 10.1. The zero-order chi connectivity index (χ0) is 9.78. The molecule has 0 aliphatic heterocycles. The van der Waals surface area contributed by atoms with Crippen LogP contribution in [0.2, 0.25) is 0 Å². The maximum atomic E-state index is 10.1. The summed E-state index contributed by atoms with van der Waals surface area (Å²) in [6.45, 7) is -1.19. The summed E-state index contributed by atoms with van der Waals surface area (Å²) in [4.78, 5) is 0. The lowest BCUT2D eigenvalue weighted by molar-refractivity contribution is 0.0246. The van der Waals surface area contributed by atoms with Crippen LogP contribution in [0.1, 0.15) is 0 Å². The molecule has 0 saturated heterocycles. The highest BCUT2D eigenvalue weighted by molar-refractivity contribution is 7.83. The average molecular weight is 201 g/mol. The van der Waals surface area contributed by atoms with Gasteiger partial charge < -0.3 is 15.3 Å². The molecule has 0 heterocycles. The summed E-state index contributed by atoms with van der Waals surface area (Å²) in [6, 6.07) is 0. The number of hydrogen-bond donors (Lipinski definition) is 5. The largest absolute Gasteiger partial charge is 0.396 e. The molecule has 0 aromatic rings. The standard InChI is InChI=1S/C4H11NO6S/c6-1-3(2-7)4(8)5-12(9,10)11/h3-8H,1-2H2,(H,9,10,11). The van der Waals surface area contributed by atoms with Crippen LogP contribution in [-0.4, -0.2) is 47.7 Å². The van der Waals surface area contributed by atoms with Gasteiger partial charge in [-0.1, -0.05) is 0 Å². The number of hydrogen-bond acceptors (Lipinski definition) is 5. The van der Waals surface area contributed by atoms with E-state index in [0.717, 1.165) is 0 Å². The Hall–Kier alpha value is -0.250. The van der Waals surface area contributed by atoms with Crippen molar-refractivity contribution in [3.63, 3.8) is 0 Å². The van der Waals surface area contributed by atoms with Crippen LogP contribution < -0.4 is 4.72 Å². The van der Waals surface area contributed by atoms with Crippen LogP contribution in [0.15, 0.2) is 0 Å². The second-order valence-corrected chi connectivity index (χ2v) is 3.35. The molecule has 12 heavy (non-hydrogen) atoms. The van der Waals surface area contributed by atoms with Gasteiger partial charge in [-0.3, -0.25) is 4.55 Å². The molecule has 1 atom stereocenters. The molecule has 0 aliphatic carbocycles. The number of aliphatic hydroxyl groups is 3. The first-order chi connectivity index (χ1) is 5.40. The fourth-order valence-electron chi connectivity index (χ4n) is 0.506. The SMILES string of the molecule is O=S(=O)(O)NC(O)C(CO)CO. The Morgan fingerprint density at radius 2 is 1.67 bits per heavy atom. The van der Waals surface area contributed by atoms with Gasteiger partial charge in [-0.2, -0.15) is 13.1 Å². The summed E-state index contributed by atoms with van der Waals surface area (Å²) < 4.78 is 29.7. The van der Waals surface area contributed by atoms with Crippen LogP contribution in [-0.2, 0) is 10.3 Å². The molecule has 5 N–H and O–H groups in total. The van der Waals surface area contributed by atoms with Gasteiger partial charge in [0.1, 0.15) is 6.23 Å². The zero-order valence-corrected chi connectivity index (χ0v) is 6.90. The number of rotatable bonds is 5. The van der Waals surface area contributed by atoms with Crippen molar-refractivity contribution in [2.75, 3.05) is 13.2 Å². The van der Waals surface area contributed by atoms with E-state index in [0.29, 0.717) is 0 Å². The minimum Gasteiger partial charge on any atom is -0.396 e. The van der Waals surface area contributed by atoms with Gasteiger partial charge in [0, 0.05) is 5.92 Å². The lowest BCUT2D eigenvalue weighted by atomic mass is 10.1. The van der Waals surface area contributed by atoms with E-state index in [1.54, 1.807) is 0 Å². The molecule has 0 aliphatic rings. The maximum Gasteiger partial charge on any atom is 0.335 e. The van der Waals surface area contributed by atoms with E-state index in [1.807, 2.05) is 0 Å². The first-order valence-electron chi connectivity index (χ1n) is 3.05. The summed E-state index contributed by atoms with van der Waals surface area (Å²) in [7, 11) is -4.51. The highest BCUT2D eigenvalue weighted by atomic mass is 32.2. The molecule has 0 rings (SSSR count). The van der Waals surface area contributed by atoms with Gasteiger partial charge in [0.15, 0.2) is 0 Å². The second kappa shape index (κ2) is 4.70. The molecule has 0 aromatic carbocycles. The topological polar surface area (TPSA) is 127 Å². The molecular formula is C4H11NO6S. The highest BCUT2D eigenvalue weighted by Crippen LogP contribution is 1.99. The zero-order valence-electron chi connectivity index (χ0n) is 6.08. The Labute approximate surface area is 69.5 Å². The van der Waals surface area contributed by atoms with E-state index in [1.165, 1.54) is 4.72 Å². The number of aliphatic hydroxyl groups excluding tert-OH is 3. The van der Waals surface area contributed by atoms with Crippen LogP contribution in [0.3, 0.4) is 0 Å². The third-order valence-electron chi connectivity index (χ3n) is 1.19. The molecule has 0 aromatic heterocycles. The van der Waals surface area contributed by atoms with Crippen LogP contribution in [0.25, 0.3) is 0 Å². The predicted molar refractivity (Wildman–Crippen MR) is 38.4 cm³/mol. The molecule has 7 nitrogen and oxygen atoms in total. The van der Waals surface area contributed by atoms with E-state index in [-0.39, 0.29) is 0 Å². The smallest absolute Gasteiger partial charge is 0.335 e. The van der Waals surface area contributed by atoms with Crippen molar-refractivity contribution >= 4 is 10.3 Å². The van der Waals surface area contributed by atoms with E-state index < -0.39 is 35.7 Å². The minimum atomic E-state index is -4.51. The third kappa shape index (κ3) is 4.59. The van der Waals surface area contributed by atoms with Gasteiger partial charge in [-0.05, 0) is 0 Å². The van der Waals surface area contributed by atoms with E-state index in [9.17, 15) is 8.42 Å². The van der Waals surface area contributed by atoms with Gasteiger partial charge in [0.25, 0.3) is 0 Å². The number of nitrogens with one attached hydrogen (secondary N) is 1. The summed E-state index contributed by atoms with van der Waals surface area (Å²) in [5.41, 5.74) is 0. The lowest BCUT2D eigenvalue weighted by Crippen LogP contribution is -2.42. The fourth-order valence-corrected chi connectivity index (χ4v) is 1.00. The Morgan fingerprint density at radius 3 is 1.92 bits per heavy atom. The summed E-state index contributed by atoms with van der Waals surface area (Å²) in [5.74, 6) is -1.05. The van der Waals surface area contributed by atoms with Crippen molar-refractivity contribution in [2.45, 2.75) is 6.23 Å². The van der Waals surface area contributed by atoms with Crippen molar-refractivity contribution < 1.29 is 28.3 Å². The molecule has 0 bridgehead atoms. The van der Waals surface area contributed by atoms with Crippen LogP contribution in [0, 0.1) is 5.92 Å². The minimum absolute atomic E-state index is 0.597. The summed E-state index contributed by atoms with van der Waals surface area (Å²) >= 11 is 0. The molecular weight excluding hydrogens is 190 g/mol. The van der Waals surface area contributed by atoms with Gasteiger partial charge in [0.2, 0.25) is 0 Å². The van der Waals surface area contributed by atoms with Crippen LogP contribution >= 0.6 is 0 Å². The van der Waals surface area contributed by atoms with Crippen molar-refractivity contribution in [1.82, 2.24) is 4.72 Å². The molecule has 74 valence electrons. The quantitative estimate of drug-likeness (QED) is 0.243. The van der Waals surface area contributed by atoms with E-state index in [4.69, 9.17) is 19.9 Å². The molecule has 8 heteroatoms. The first kappa shape index (κ1) is 11.8. The first-order valence-corrected chi connectivity index (χ1v) is 4.49. The van der Waals surface area contributed by atoms with Gasteiger partial charge in [0.05, 0.1) is 13.2 Å². The predicted octanol–water partition coefficient (Wildman–Crippen LogP) is -2.70. The molecule has 0 amide bonds. The van der Waals surface area contributed by atoms with Gasteiger partial charge >= 0.3 is 10.3 Å². The molecule has 1 unspecified atom stereocenters. The summed E-state index contributed by atoms with van der Waals surface area (Å²) in [5, 5.41) is 25.8. The molecule has 0 radical (unpaired) electrons. The van der Waals surface area contributed by atoms with Gasteiger partial charge in [-0.15, -0.1) is 0 Å². The Bertz CT molecular complexity index is 210. The monoisotopic (exact) mass is 201 g/mol. The van der Waals surface area contributed by atoms with Crippen LogP contribution in [0.5, 0.6) is 0 Å². The lowest BCUT2D eigenvalue weighted by Gasteiger charge is -2.17. The van der Waals surface area contributed by atoms with Crippen molar-refractivity contribution in [3.8, 4) is 0 Å². The Balaban J connectivity index is 4.10. The molecule has 0 saturated carbocycles. The second-order valence-electron chi connectivity index (χ2n) is 2.16. The van der Waals surface area contributed by atoms with Crippen molar-refractivity contribution in [3.05, 3.63) is 0 Å². The Morgan fingerprint density at radius 1 is 1.25 bits per heavy atom. The van der Waals surface area contributed by atoms with Crippen LogP contribution in [0.4, 0.5) is 0 Å². The highest BCUT2D eigenvalue weighted by Gasteiger charge is 2.21. The average Bonchev–Trinajstić information content (AvgIpc) is 1.85. The fraction of sp³-hybridized carbons (Fsp3) is 1.00. The van der Waals surface area contributed by atoms with Gasteiger partial charge in [-0.25, -0.2) is 0 Å². The molecule has 0 fully saturated rings. The normalized spacial score (nSPS) is 15.1. The molecule has 0 spiro atoms.